The number of hydrogen-bond donors (Lipinski definition) is 1. The van der Waals surface area contributed by atoms with E-state index in [1.807, 2.05) is 6.92 Å². The fourth-order valence-electron chi connectivity index (χ4n) is 2.56. The molecule has 25 heavy (non-hydrogen) atoms. The maximum atomic E-state index is 12.7. The van der Waals surface area contributed by atoms with Crippen molar-refractivity contribution in [2.45, 2.75) is 39.0 Å². The zero-order valence-electron chi connectivity index (χ0n) is 15.2. The molecule has 0 aliphatic carbocycles. The smallest absolute Gasteiger partial charge is 0.323 e. The second kappa shape index (κ2) is 8.96. The summed E-state index contributed by atoms with van der Waals surface area (Å²) in [7, 11) is -3.69. The van der Waals surface area contributed by atoms with Gasteiger partial charge in [-0.05, 0) is 31.0 Å². The number of rotatable bonds is 9. The van der Waals surface area contributed by atoms with Gasteiger partial charge >= 0.3 is 5.97 Å². The Bertz CT molecular complexity index is 727. The van der Waals surface area contributed by atoms with Gasteiger partial charge in [-0.2, -0.15) is 4.31 Å². The largest absolute Gasteiger partial charge is 0.480 e. The van der Waals surface area contributed by atoms with Gasteiger partial charge in [-0.25, -0.2) is 8.42 Å². The summed E-state index contributed by atoms with van der Waals surface area (Å²) >= 11 is 0. The summed E-state index contributed by atoms with van der Waals surface area (Å²) < 4.78 is 26.6. The number of nitrogens with zero attached hydrogens (tertiary/aromatic N) is 2. The Labute approximate surface area is 149 Å². The second-order valence-corrected chi connectivity index (χ2v) is 7.62. The highest BCUT2D eigenvalue weighted by molar-refractivity contribution is 7.89. The molecule has 7 nitrogen and oxygen atoms in total. The predicted molar refractivity (Wildman–Crippen MR) is 95.1 cm³/mol. The standard InChI is InChI=1S/C17H26N2O5S/c1-5-10-18(12-16(20)21)17(22)15-11-14(9-8-13(15)4)25(23,24)19(6-2)7-3/h8-9,11H,5-7,10,12H2,1-4H3,(H,20,21). The van der Waals surface area contributed by atoms with Crippen LogP contribution in [0, 0.1) is 6.92 Å². The lowest BCUT2D eigenvalue weighted by Crippen LogP contribution is -2.37. The van der Waals surface area contributed by atoms with Crippen molar-refractivity contribution in [2.75, 3.05) is 26.2 Å². The fourth-order valence-corrected chi connectivity index (χ4v) is 4.05. The Kier molecular flexibility index (Phi) is 7.57. The van der Waals surface area contributed by atoms with Crippen molar-refractivity contribution in [1.29, 1.82) is 0 Å². The Balaban J connectivity index is 3.33. The van der Waals surface area contributed by atoms with Crippen LogP contribution in [0.25, 0.3) is 0 Å². The van der Waals surface area contributed by atoms with Gasteiger partial charge < -0.3 is 10.0 Å². The minimum Gasteiger partial charge on any atom is -0.480 e. The topological polar surface area (TPSA) is 95.0 Å². The molecule has 1 aromatic rings. The number of sulfonamides is 1. The summed E-state index contributed by atoms with van der Waals surface area (Å²) in [5, 5.41) is 9.00. The number of benzene rings is 1. The lowest BCUT2D eigenvalue weighted by Gasteiger charge is -2.22. The average molecular weight is 370 g/mol. The van der Waals surface area contributed by atoms with E-state index >= 15 is 0 Å². The van der Waals surface area contributed by atoms with Crippen LogP contribution in [0.1, 0.15) is 43.1 Å². The molecule has 0 bridgehead atoms. The van der Waals surface area contributed by atoms with E-state index in [0.717, 1.165) is 0 Å². The summed E-state index contributed by atoms with van der Waals surface area (Å²) in [5.41, 5.74) is 0.818. The van der Waals surface area contributed by atoms with Gasteiger partial charge in [-0.15, -0.1) is 0 Å². The minimum absolute atomic E-state index is 0.0388. The summed E-state index contributed by atoms with van der Waals surface area (Å²) in [6.45, 7) is 7.57. The van der Waals surface area contributed by atoms with Gasteiger partial charge in [-0.3, -0.25) is 9.59 Å². The molecule has 0 saturated heterocycles. The van der Waals surface area contributed by atoms with E-state index in [2.05, 4.69) is 0 Å². The molecule has 0 unspecified atom stereocenters. The molecule has 0 heterocycles. The monoisotopic (exact) mass is 370 g/mol. The van der Waals surface area contributed by atoms with E-state index in [9.17, 15) is 18.0 Å². The van der Waals surface area contributed by atoms with Gasteiger partial charge in [0.2, 0.25) is 10.0 Å². The number of hydrogen-bond acceptors (Lipinski definition) is 4. The summed E-state index contributed by atoms with van der Waals surface area (Å²) in [6.07, 6.45) is 0.607. The highest BCUT2D eigenvalue weighted by Crippen LogP contribution is 2.21. The van der Waals surface area contributed by atoms with E-state index in [0.29, 0.717) is 25.1 Å². The van der Waals surface area contributed by atoms with Crippen LogP contribution in [0.3, 0.4) is 0 Å². The molecule has 1 aromatic carbocycles. The number of aryl methyl sites for hydroxylation is 1. The molecule has 0 aliphatic heterocycles. The van der Waals surface area contributed by atoms with Gasteiger partial charge in [-0.1, -0.05) is 26.8 Å². The maximum absolute atomic E-state index is 12.7. The normalized spacial score (nSPS) is 11.6. The maximum Gasteiger partial charge on any atom is 0.323 e. The van der Waals surface area contributed by atoms with Gasteiger partial charge in [0, 0.05) is 25.2 Å². The van der Waals surface area contributed by atoms with E-state index in [1.165, 1.54) is 21.3 Å². The van der Waals surface area contributed by atoms with Gasteiger partial charge in [0.25, 0.3) is 5.91 Å². The van der Waals surface area contributed by atoms with Crippen molar-refractivity contribution >= 4 is 21.9 Å². The van der Waals surface area contributed by atoms with Crippen molar-refractivity contribution in [2.24, 2.45) is 0 Å². The number of carbonyl (C=O) groups excluding carboxylic acids is 1. The van der Waals surface area contributed by atoms with E-state index < -0.39 is 28.4 Å². The van der Waals surface area contributed by atoms with Crippen LogP contribution in [0.5, 0.6) is 0 Å². The minimum atomic E-state index is -3.69. The molecule has 0 aromatic heterocycles. The Morgan fingerprint density at radius 2 is 1.72 bits per heavy atom. The van der Waals surface area contributed by atoms with E-state index in [-0.39, 0.29) is 17.0 Å². The Morgan fingerprint density at radius 1 is 1.12 bits per heavy atom. The molecule has 1 rings (SSSR count). The Morgan fingerprint density at radius 3 is 2.20 bits per heavy atom. The van der Waals surface area contributed by atoms with E-state index in [4.69, 9.17) is 5.11 Å². The van der Waals surface area contributed by atoms with Gasteiger partial charge in [0.15, 0.2) is 0 Å². The highest BCUT2D eigenvalue weighted by atomic mass is 32.2. The number of carboxylic acids is 1. The molecule has 0 spiro atoms. The van der Waals surface area contributed by atoms with Crippen LogP contribution in [-0.4, -0.2) is 60.8 Å². The fraction of sp³-hybridized carbons (Fsp3) is 0.529. The lowest BCUT2D eigenvalue weighted by molar-refractivity contribution is -0.137. The summed E-state index contributed by atoms with van der Waals surface area (Å²) in [4.78, 5) is 25.0. The van der Waals surface area contributed by atoms with Crippen molar-refractivity contribution < 1.29 is 23.1 Å². The van der Waals surface area contributed by atoms with Crippen LogP contribution in [0.4, 0.5) is 0 Å². The number of carbonyl (C=O) groups is 2. The first kappa shape index (κ1) is 21.1. The quantitative estimate of drug-likeness (QED) is 0.717. The number of aliphatic carboxylic acids is 1. The third-order valence-electron chi connectivity index (χ3n) is 3.89. The van der Waals surface area contributed by atoms with Gasteiger partial charge in [0.1, 0.15) is 6.54 Å². The molecule has 1 amide bonds. The summed E-state index contributed by atoms with van der Waals surface area (Å²) in [5.74, 6) is -1.58. The van der Waals surface area contributed by atoms with Crippen LogP contribution in [0.2, 0.25) is 0 Å². The number of amides is 1. The first-order chi connectivity index (χ1) is 11.7. The lowest BCUT2D eigenvalue weighted by atomic mass is 10.1. The first-order valence-electron chi connectivity index (χ1n) is 8.30. The molecule has 1 N–H and O–H groups in total. The molecular weight excluding hydrogens is 344 g/mol. The third kappa shape index (κ3) is 5.02. The van der Waals surface area contributed by atoms with Gasteiger partial charge in [0.05, 0.1) is 4.90 Å². The Hall–Kier alpha value is -1.93. The molecule has 0 fully saturated rings. The van der Waals surface area contributed by atoms with Crippen LogP contribution in [-0.2, 0) is 14.8 Å². The van der Waals surface area contributed by atoms with Crippen molar-refractivity contribution in [1.82, 2.24) is 9.21 Å². The van der Waals surface area contributed by atoms with E-state index in [1.54, 1.807) is 26.8 Å². The predicted octanol–water partition coefficient (Wildman–Crippen LogP) is 1.96. The molecule has 0 radical (unpaired) electrons. The summed E-state index contributed by atoms with van der Waals surface area (Å²) in [6, 6.07) is 4.39. The molecule has 0 atom stereocenters. The van der Waals surface area contributed by atoms with Crippen molar-refractivity contribution in [3.8, 4) is 0 Å². The highest BCUT2D eigenvalue weighted by Gasteiger charge is 2.25. The van der Waals surface area contributed by atoms with Crippen LogP contribution < -0.4 is 0 Å². The molecule has 8 heteroatoms. The molecule has 140 valence electrons. The third-order valence-corrected chi connectivity index (χ3v) is 5.94. The molecule has 0 aliphatic rings. The van der Waals surface area contributed by atoms with Crippen molar-refractivity contribution in [3.63, 3.8) is 0 Å². The zero-order chi connectivity index (χ0) is 19.2. The first-order valence-corrected chi connectivity index (χ1v) is 9.74. The SMILES string of the molecule is CCCN(CC(=O)O)C(=O)c1cc(S(=O)(=O)N(CC)CC)ccc1C. The second-order valence-electron chi connectivity index (χ2n) is 5.69. The van der Waals surface area contributed by atoms with Crippen LogP contribution in [0.15, 0.2) is 23.1 Å². The zero-order valence-corrected chi connectivity index (χ0v) is 16.0. The molecule has 0 saturated carbocycles. The van der Waals surface area contributed by atoms with Crippen molar-refractivity contribution in [3.05, 3.63) is 29.3 Å². The molecular formula is C17H26N2O5S. The number of carboxylic acid groups (broad SMARTS) is 1. The van der Waals surface area contributed by atoms with Crippen LogP contribution >= 0.6 is 0 Å². The average Bonchev–Trinajstić information content (AvgIpc) is 2.54.